The van der Waals surface area contributed by atoms with E-state index in [9.17, 15) is 18.0 Å². The van der Waals surface area contributed by atoms with Crippen molar-refractivity contribution in [1.82, 2.24) is 24.3 Å². The Balaban J connectivity index is 1.76. The smallest absolute Gasteiger partial charge is 0.254 e. The van der Waals surface area contributed by atoms with E-state index < -0.39 is 22.0 Å². The van der Waals surface area contributed by atoms with E-state index in [4.69, 9.17) is 0 Å². The highest BCUT2D eigenvalue weighted by Gasteiger charge is 2.38. The van der Waals surface area contributed by atoms with Crippen LogP contribution in [0.2, 0.25) is 0 Å². The number of carbonyl (C=O) groups is 2. The summed E-state index contributed by atoms with van der Waals surface area (Å²) in [7, 11) is -0.840. The number of amides is 2. The molecule has 0 aliphatic carbocycles. The monoisotopic (exact) mass is 481 g/mol. The summed E-state index contributed by atoms with van der Waals surface area (Å²) in [5, 5.41) is 7.48. The number of aromatic nitrogens is 2. The van der Waals surface area contributed by atoms with Crippen LogP contribution in [0, 0.1) is 13.8 Å². The minimum Gasteiger partial charge on any atom is -0.352 e. The Morgan fingerprint density at radius 3 is 2.47 bits per heavy atom. The molecule has 3 aromatic rings. The molecule has 1 atom stereocenters. The number of hydrogen-bond acceptors (Lipinski definition) is 5. The highest BCUT2D eigenvalue weighted by Crippen LogP contribution is 2.31. The van der Waals surface area contributed by atoms with Gasteiger partial charge >= 0.3 is 0 Å². The number of hydrogen-bond donors (Lipinski definition) is 1. The maximum Gasteiger partial charge on any atom is 0.254 e. The molecule has 9 nitrogen and oxygen atoms in total. The Bertz CT molecular complexity index is 1350. The molecule has 1 N–H and O–H groups in total. The molecule has 1 saturated heterocycles. The second-order valence-corrected chi connectivity index (χ2v) is 10.5. The van der Waals surface area contributed by atoms with Gasteiger partial charge < -0.3 is 10.2 Å². The summed E-state index contributed by atoms with van der Waals surface area (Å²) in [5.41, 5.74) is 3.11. The molecule has 0 bridgehead atoms. The summed E-state index contributed by atoms with van der Waals surface area (Å²) in [6.45, 7) is 4.28. The topological polar surface area (TPSA) is 105 Å². The van der Waals surface area contributed by atoms with Crippen LogP contribution in [0.4, 0.5) is 0 Å². The zero-order valence-electron chi connectivity index (χ0n) is 19.5. The number of nitrogens with one attached hydrogen (secondary N) is 1. The summed E-state index contributed by atoms with van der Waals surface area (Å²) in [4.78, 5) is 28.2. The number of carbonyl (C=O) groups excluding carboxylic acids is 2. The minimum absolute atomic E-state index is 0.0191. The molecule has 2 amide bonds. The summed E-state index contributed by atoms with van der Waals surface area (Å²) in [5.74, 6) is -0.711. The van der Waals surface area contributed by atoms with Crippen molar-refractivity contribution in [3.05, 3.63) is 77.1 Å². The Labute approximate surface area is 199 Å². The number of aryl methyl sites for hydroxylation is 1. The average Bonchev–Trinajstić information content (AvgIpc) is 3.12. The fourth-order valence-electron chi connectivity index (χ4n) is 4.21. The number of rotatable bonds is 5. The highest BCUT2D eigenvalue weighted by atomic mass is 32.2. The second-order valence-electron chi connectivity index (χ2n) is 8.34. The van der Waals surface area contributed by atoms with Crippen LogP contribution in [0.25, 0.3) is 5.69 Å². The van der Waals surface area contributed by atoms with Gasteiger partial charge in [-0.1, -0.05) is 24.3 Å². The summed E-state index contributed by atoms with van der Waals surface area (Å²) in [6.07, 6.45) is 0. The number of nitrogens with zero attached hydrogens (tertiary/aromatic N) is 4. The van der Waals surface area contributed by atoms with E-state index in [1.54, 1.807) is 10.7 Å². The minimum atomic E-state index is -3.71. The molecule has 178 valence electrons. The van der Waals surface area contributed by atoms with Crippen molar-refractivity contribution in [2.24, 2.45) is 0 Å². The van der Waals surface area contributed by atoms with Crippen LogP contribution in [0.1, 0.15) is 33.4 Å². The highest BCUT2D eigenvalue weighted by molar-refractivity contribution is 7.89. The molecule has 1 aliphatic heterocycles. The van der Waals surface area contributed by atoms with Gasteiger partial charge in [0.15, 0.2) is 0 Å². The molecule has 1 aromatic heterocycles. The maximum atomic E-state index is 13.6. The molecule has 2 aromatic carbocycles. The molecule has 1 aliphatic rings. The molecule has 1 unspecified atom stereocenters. The summed E-state index contributed by atoms with van der Waals surface area (Å²) in [6, 6.07) is 14.6. The van der Waals surface area contributed by atoms with Crippen LogP contribution in [-0.2, 0) is 14.8 Å². The molecular weight excluding hydrogens is 454 g/mol. The Morgan fingerprint density at radius 2 is 1.79 bits per heavy atom. The lowest BCUT2D eigenvalue weighted by atomic mass is 9.99. The van der Waals surface area contributed by atoms with E-state index in [0.29, 0.717) is 17.8 Å². The molecule has 0 radical (unpaired) electrons. The van der Waals surface area contributed by atoms with Gasteiger partial charge in [0.1, 0.15) is 6.04 Å². The van der Waals surface area contributed by atoms with Gasteiger partial charge in [-0.05, 0) is 44.2 Å². The lowest BCUT2D eigenvalue weighted by molar-refractivity contribution is -0.128. The van der Waals surface area contributed by atoms with Crippen molar-refractivity contribution >= 4 is 21.8 Å². The third-order valence-corrected chi connectivity index (χ3v) is 7.76. The van der Waals surface area contributed by atoms with E-state index in [1.807, 2.05) is 44.2 Å². The van der Waals surface area contributed by atoms with E-state index in [1.165, 1.54) is 37.2 Å². The third kappa shape index (κ3) is 4.10. The first-order chi connectivity index (χ1) is 16.1. The second kappa shape index (κ2) is 9.03. The van der Waals surface area contributed by atoms with Crippen LogP contribution in [0.15, 0.2) is 59.5 Å². The molecule has 10 heteroatoms. The van der Waals surface area contributed by atoms with Crippen LogP contribution in [0.5, 0.6) is 0 Å². The van der Waals surface area contributed by atoms with E-state index in [-0.39, 0.29) is 22.9 Å². The van der Waals surface area contributed by atoms with Gasteiger partial charge in [-0.15, -0.1) is 0 Å². The molecule has 2 heterocycles. The molecule has 34 heavy (non-hydrogen) atoms. The first-order valence-corrected chi connectivity index (χ1v) is 12.3. The maximum absolute atomic E-state index is 13.6. The zero-order valence-corrected chi connectivity index (χ0v) is 20.3. The first-order valence-electron chi connectivity index (χ1n) is 10.9. The van der Waals surface area contributed by atoms with E-state index >= 15 is 0 Å². The van der Waals surface area contributed by atoms with Gasteiger partial charge in [0.25, 0.3) is 5.91 Å². The fourth-order valence-corrected chi connectivity index (χ4v) is 5.16. The molecular formula is C24H27N5O4S. The Morgan fingerprint density at radius 1 is 1.09 bits per heavy atom. The van der Waals surface area contributed by atoms with Crippen LogP contribution >= 0.6 is 0 Å². The zero-order chi connectivity index (χ0) is 24.6. The van der Waals surface area contributed by atoms with Crippen molar-refractivity contribution in [3.8, 4) is 5.69 Å². The van der Waals surface area contributed by atoms with Gasteiger partial charge in [-0.3, -0.25) is 9.59 Å². The average molecular weight is 482 g/mol. The van der Waals surface area contributed by atoms with Gasteiger partial charge in [-0.2, -0.15) is 5.10 Å². The third-order valence-electron chi connectivity index (χ3n) is 5.95. The predicted molar refractivity (Wildman–Crippen MR) is 127 cm³/mol. The Hall–Kier alpha value is -3.50. The number of piperazine rings is 1. The van der Waals surface area contributed by atoms with Gasteiger partial charge in [0.2, 0.25) is 15.9 Å². The quantitative estimate of drug-likeness (QED) is 0.601. The van der Waals surface area contributed by atoms with Crippen LogP contribution < -0.4 is 5.32 Å². The molecule has 0 saturated carbocycles. The summed E-state index contributed by atoms with van der Waals surface area (Å²) >= 11 is 0. The lowest BCUT2D eigenvalue weighted by Crippen LogP contribution is -2.52. The van der Waals surface area contributed by atoms with Crippen molar-refractivity contribution in [2.75, 3.05) is 27.2 Å². The van der Waals surface area contributed by atoms with Gasteiger partial charge in [0.05, 0.1) is 16.3 Å². The van der Waals surface area contributed by atoms with Crippen molar-refractivity contribution < 1.29 is 18.0 Å². The standard InChI is InChI=1S/C24H27N5O4S/c1-16-21(17(2)29(26-16)19-10-6-5-7-11-19)22-23(30)25-13-14-28(22)24(31)18-9-8-12-20(15-18)34(32,33)27(3)4/h5-12,15,22H,13-14H2,1-4H3,(H,25,30). The first kappa shape index (κ1) is 23.7. The number of para-hydroxylation sites is 1. The largest absolute Gasteiger partial charge is 0.352 e. The SMILES string of the molecule is Cc1nn(-c2ccccc2)c(C)c1C1C(=O)NCCN1C(=O)c1cccc(S(=O)(=O)N(C)C)c1. The Kier molecular flexibility index (Phi) is 6.28. The summed E-state index contributed by atoms with van der Waals surface area (Å²) < 4.78 is 28.0. The lowest BCUT2D eigenvalue weighted by Gasteiger charge is -2.35. The molecule has 4 rings (SSSR count). The van der Waals surface area contributed by atoms with Crippen LogP contribution in [-0.4, -0.2) is 66.4 Å². The van der Waals surface area contributed by atoms with Crippen LogP contribution in [0.3, 0.4) is 0 Å². The van der Waals surface area contributed by atoms with Crippen molar-refractivity contribution in [2.45, 2.75) is 24.8 Å². The predicted octanol–water partition coefficient (Wildman–Crippen LogP) is 2.05. The van der Waals surface area contributed by atoms with Gasteiger partial charge in [-0.25, -0.2) is 17.4 Å². The number of sulfonamides is 1. The molecule has 1 fully saturated rings. The van der Waals surface area contributed by atoms with Crippen molar-refractivity contribution in [1.29, 1.82) is 0 Å². The van der Waals surface area contributed by atoms with Crippen molar-refractivity contribution in [3.63, 3.8) is 0 Å². The normalized spacial score (nSPS) is 16.6. The fraction of sp³-hybridized carbons (Fsp3) is 0.292. The number of benzene rings is 2. The van der Waals surface area contributed by atoms with Gasteiger partial charge in [0, 0.05) is 44.0 Å². The molecule has 0 spiro atoms. The van der Waals surface area contributed by atoms with E-state index in [2.05, 4.69) is 10.4 Å². The van der Waals surface area contributed by atoms with E-state index in [0.717, 1.165) is 15.7 Å².